The molecule has 2 aromatic rings. The molecule has 0 spiro atoms. The van der Waals surface area contributed by atoms with Gasteiger partial charge in [-0.15, -0.1) is 0 Å². The Bertz CT molecular complexity index is 1150. The van der Waals surface area contributed by atoms with Crippen LogP contribution in [0.2, 0.25) is 0 Å². The molecule has 0 aliphatic carbocycles. The summed E-state index contributed by atoms with van der Waals surface area (Å²) >= 11 is 0. The lowest BCUT2D eigenvalue weighted by Crippen LogP contribution is -2.45. The summed E-state index contributed by atoms with van der Waals surface area (Å²) in [5, 5.41) is 0. The maximum atomic E-state index is 13.7. The Hall–Kier alpha value is -2.71. The van der Waals surface area contributed by atoms with Crippen molar-refractivity contribution in [1.82, 2.24) is 9.21 Å². The normalized spacial score (nSPS) is 20.3. The number of ether oxygens (including phenoxy) is 1. The van der Waals surface area contributed by atoms with Crippen LogP contribution >= 0.6 is 0 Å². The van der Waals surface area contributed by atoms with Gasteiger partial charge in [-0.05, 0) is 62.4 Å². The van der Waals surface area contributed by atoms with Crippen molar-refractivity contribution in [3.05, 3.63) is 59.7 Å². The van der Waals surface area contributed by atoms with Gasteiger partial charge < -0.3 is 9.64 Å². The minimum Gasteiger partial charge on any atom is -0.497 e. The van der Waals surface area contributed by atoms with Crippen LogP contribution in [0.15, 0.2) is 53.4 Å². The fourth-order valence-corrected chi connectivity index (χ4v) is 6.66. The number of hydrogen-bond acceptors (Lipinski definition) is 5. The van der Waals surface area contributed by atoms with E-state index >= 15 is 0 Å². The third-order valence-corrected chi connectivity index (χ3v) is 9.11. The molecule has 2 saturated heterocycles. The van der Waals surface area contributed by atoms with Crippen LogP contribution < -0.4 is 4.74 Å². The van der Waals surface area contributed by atoms with Gasteiger partial charge in [0.05, 0.1) is 18.0 Å². The highest BCUT2D eigenvalue weighted by atomic mass is 32.2. The summed E-state index contributed by atoms with van der Waals surface area (Å²) in [6.45, 7) is 2.74. The Morgan fingerprint density at radius 2 is 1.63 bits per heavy atom. The topological polar surface area (TPSA) is 84.0 Å². The van der Waals surface area contributed by atoms with Crippen molar-refractivity contribution in [3.63, 3.8) is 0 Å². The first-order valence-corrected chi connectivity index (χ1v) is 13.8. The summed E-state index contributed by atoms with van der Waals surface area (Å²) in [6, 6.07) is 14.2. The largest absolute Gasteiger partial charge is 0.497 e. The molecule has 35 heavy (non-hydrogen) atoms. The first kappa shape index (κ1) is 25.4. The fourth-order valence-electron chi connectivity index (χ4n) is 5.15. The van der Waals surface area contributed by atoms with E-state index in [9.17, 15) is 18.0 Å². The number of carbonyl (C=O) groups excluding carboxylic acids is 2. The minimum atomic E-state index is -3.71. The predicted molar refractivity (Wildman–Crippen MR) is 134 cm³/mol. The summed E-state index contributed by atoms with van der Waals surface area (Å²) in [5.74, 6) is 0.560. The lowest BCUT2D eigenvalue weighted by Gasteiger charge is -2.37. The molecule has 2 heterocycles. The van der Waals surface area contributed by atoms with Gasteiger partial charge in [0, 0.05) is 31.1 Å². The average Bonchev–Trinajstić information content (AvgIpc) is 3.14. The zero-order valence-corrected chi connectivity index (χ0v) is 21.3. The number of nitrogens with zero attached hydrogens (tertiary/aromatic N) is 2. The molecule has 4 rings (SSSR count). The Labute approximate surface area is 208 Å². The monoisotopic (exact) mass is 498 g/mol. The maximum Gasteiger partial charge on any atom is 0.243 e. The second-order valence-corrected chi connectivity index (χ2v) is 11.4. The zero-order valence-electron chi connectivity index (χ0n) is 20.5. The molecule has 0 bridgehead atoms. The van der Waals surface area contributed by atoms with Crippen LogP contribution in [0.25, 0.3) is 0 Å². The molecule has 0 N–H and O–H groups in total. The first-order chi connectivity index (χ1) is 16.8. The van der Waals surface area contributed by atoms with Crippen molar-refractivity contribution >= 4 is 21.7 Å². The maximum absolute atomic E-state index is 13.7. The number of rotatable bonds is 6. The van der Waals surface area contributed by atoms with E-state index in [1.54, 1.807) is 19.2 Å². The van der Waals surface area contributed by atoms with Gasteiger partial charge in [-0.25, -0.2) is 8.42 Å². The third-order valence-electron chi connectivity index (χ3n) is 7.22. The van der Waals surface area contributed by atoms with Crippen molar-refractivity contribution in [2.45, 2.75) is 56.4 Å². The molecule has 2 fully saturated rings. The van der Waals surface area contributed by atoms with E-state index in [0.29, 0.717) is 31.5 Å². The molecular formula is C27H34N2O5S. The zero-order chi connectivity index (χ0) is 25.0. The number of methoxy groups -OCH3 is 1. The van der Waals surface area contributed by atoms with Crippen LogP contribution in [0, 0.1) is 5.92 Å². The number of likely N-dealkylation sites (tertiary alicyclic amines) is 1. The van der Waals surface area contributed by atoms with Crippen molar-refractivity contribution < 1.29 is 22.7 Å². The highest BCUT2D eigenvalue weighted by Gasteiger charge is 2.36. The number of ketones is 1. The van der Waals surface area contributed by atoms with E-state index in [1.165, 1.54) is 23.4 Å². The summed E-state index contributed by atoms with van der Waals surface area (Å²) < 4.78 is 33.1. The number of carbonyl (C=O) groups is 2. The SMILES string of the molecule is COc1ccc([C@@H]2CCCCCN2C(=O)C2CCN(S(=O)(=O)c3cccc(C(C)=O)c3)CC2)cc1. The molecule has 8 heteroatoms. The first-order valence-electron chi connectivity index (χ1n) is 12.4. The van der Waals surface area contributed by atoms with Gasteiger partial charge in [-0.1, -0.05) is 37.1 Å². The Morgan fingerprint density at radius 3 is 2.29 bits per heavy atom. The van der Waals surface area contributed by atoms with E-state index in [4.69, 9.17) is 4.74 Å². The molecule has 1 atom stereocenters. The van der Waals surface area contributed by atoms with Gasteiger partial charge >= 0.3 is 0 Å². The van der Waals surface area contributed by atoms with Crippen molar-refractivity contribution in [3.8, 4) is 5.75 Å². The average molecular weight is 499 g/mol. The molecule has 7 nitrogen and oxygen atoms in total. The molecule has 2 aliphatic heterocycles. The van der Waals surface area contributed by atoms with Gasteiger partial charge in [-0.3, -0.25) is 9.59 Å². The van der Waals surface area contributed by atoms with Crippen molar-refractivity contribution in [1.29, 1.82) is 0 Å². The van der Waals surface area contributed by atoms with E-state index in [-0.39, 0.29) is 28.5 Å². The molecule has 0 unspecified atom stereocenters. The number of benzene rings is 2. The van der Waals surface area contributed by atoms with Gasteiger partial charge in [0.25, 0.3) is 0 Å². The van der Waals surface area contributed by atoms with Crippen molar-refractivity contribution in [2.24, 2.45) is 5.92 Å². The van der Waals surface area contributed by atoms with Crippen LogP contribution in [0.5, 0.6) is 5.75 Å². The van der Waals surface area contributed by atoms with Crippen molar-refractivity contribution in [2.75, 3.05) is 26.7 Å². The van der Waals surface area contributed by atoms with E-state index in [2.05, 4.69) is 0 Å². The quantitative estimate of drug-likeness (QED) is 0.550. The van der Waals surface area contributed by atoms with E-state index in [0.717, 1.165) is 43.5 Å². The second-order valence-electron chi connectivity index (χ2n) is 9.43. The van der Waals surface area contributed by atoms with E-state index < -0.39 is 10.0 Å². The summed E-state index contributed by atoms with van der Waals surface area (Å²) in [6.07, 6.45) is 5.09. The molecule has 0 saturated carbocycles. The van der Waals surface area contributed by atoms with Gasteiger partial charge in [0.1, 0.15) is 5.75 Å². The summed E-state index contributed by atoms with van der Waals surface area (Å²) in [5.41, 5.74) is 1.49. The fraction of sp³-hybridized carbons (Fsp3) is 0.481. The number of Topliss-reactive ketones (excluding diaryl/α,β-unsaturated/α-hetero) is 1. The molecular weight excluding hydrogens is 464 g/mol. The Kier molecular flexibility index (Phi) is 7.91. The molecule has 2 aliphatic rings. The molecule has 188 valence electrons. The molecule has 1 amide bonds. The lowest BCUT2D eigenvalue weighted by molar-refractivity contribution is -0.139. The molecule has 0 aromatic heterocycles. The summed E-state index contributed by atoms with van der Waals surface area (Å²) in [7, 11) is -2.07. The number of piperidine rings is 1. The highest BCUT2D eigenvalue weighted by molar-refractivity contribution is 7.89. The standard InChI is InChI=1S/C27H34N2O5S/c1-20(30)23-7-6-8-25(19-23)35(32,33)28-17-14-22(15-18-28)27(31)29-16-5-3-4-9-26(29)21-10-12-24(34-2)13-11-21/h6-8,10-13,19,22,26H,3-5,9,14-18H2,1-2H3/t26-/m0/s1. The second kappa shape index (κ2) is 10.9. The Morgan fingerprint density at radius 1 is 0.914 bits per heavy atom. The predicted octanol–water partition coefficient (Wildman–Crippen LogP) is 4.44. The van der Waals surface area contributed by atoms with E-state index in [1.807, 2.05) is 29.2 Å². The lowest BCUT2D eigenvalue weighted by atomic mass is 9.94. The number of hydrogen-bond donors (Lipinski definition) is 0. The van der Waals surface area contributed by atoms with Crippen LogP contribution in [0.1, 0.15) is 67.4 Å². The van der Waals surface area contributed by atoms with Crippen LogP contribution in [-0.2, 0) is 14.8 Å². The smallest absolute Gasteiger partial charge is 0.243 e. The van der Waals surface area contributed by atoms with Crippen LogP contribution in [0.3, 0.4) is 0 Å². The minimum absolute atomic E-state index is 0.0342. The highest BCUT2D eigenvalue weighted by Crippen LogP contribution is 2.34. The Balaban J connectivity index is 1.46. The van der Waals surface area contributed by atoms with Crippen LogP contribution in [0.4, 0.5) is 0 Å². The van der Waals surface area contributed by atoms with Gasteiger partial charge in [-0.2, -0.15) is 4.31 Å². The number of amides is 1. The van der Waals surface area contributed by atoms with Crippen LogP contribution in [-0.4, -0.2) is 56.1 Å². The third kappa shape index (κ3) is 5.59. The van der Waals surface area contributed by atoms with Gasteiger partial charge in [0.15, 0.2) is 5.78 Å². The number of sulfonamides is 1. The summed E-state index contributed by atoms with van der Waals surface area (Å²) in [4.78, 5) is 27.5. The molecule has 2 aromatic carbocycles. The van der Waals surface area contributed by atoms with Gasteiger partial charge in [0.2, 0.25) is 15.9 Å². The molecule has 0 radical (unpaired) electrons.